The predicted octanol–water partition coefficient (Wildman–Crippen LogP) is 0.713. The van der Waals surface area contributed by atoms with Crippen LogP contribution in [0.2, 0.25) is 0 Å². The van der Waals surface area contributed by atoms with Crippen LogP contribution >= 0.6 is 0 Å². The fraction of sp³-hybridized carbons (Fsp3) is 0.667. The summed E-state index contributed by atoms with van der Waals surface area (Å²) in [5.74, 6) is -0.207. The Morgan fingerprint density at radius 1 is 1.43 bits per heavy atom. The molecule has 1 rings (SSSR count). The number of nitrogens with zero attached hydrogens (tertiary/aromatic N) is 2. The summed E-state index contributed by atoms with van der Waals surface area (Å²) in [6.07, 6.45) is 0.813. The zero-order valence-corrected chi connectivity index (χ0v) is 13.1. The van der Waals surface area contributed by atoms with Crippen molar-refractivity contribution in [1.29, 1.82) is 0 Å². The van der Waals surface area contributed by atoms with Crippen LogP contribution in [0.25, 0.3) is 0 Å². The molecule has 6 nitrogen and oxygen atoms in total. The lowest BCUT2D eigenvalue weighted by Gasteiger charge is -2.22. The van der Waals surface area contributed by atoms with Crippen molar-refractivity contribution in [3.8, 4) is 5.75 Å². The van der Waals surface area contributed by atoms with Crippen molar-refractivity contribution < 1.29 is 14.9 Å². The molecule has 0 fully saturated rings. The summed E-state index contributed by atoms with van der Waals surface area (Å²) in [7, 11) is 1.84. The van der Waals surface area contributed by atoms with Crippen LogP contribution in [0.15, 0.2) is 10.9 Å². The molecule has 0 aliphatic rings. The maximum absolute atomic E-state index is 11.8. The van der Waals surface area contributed by atoms with E-state index in [0.29, 0.717) is 38.5 Å². The van der Waals surface area contributed by atoms with Crippen LogP contribution in [-0.4, -0.2) is 53.1 Å². The Bertz CT molecular complexity index is 499. The van der Waals surface area contributed by atoms with Gasteiger partial charge in [-0.15, -0.1) is 0 Å². The first-order chi connectivity index (χ1) is 10.0. The van der Waals surface area contributed by atoms with Crippen LogP contribution in [0, 0.1) is 6.92 Å². The number of aryl methyl sites for hydroxylation is 1. The van der Waals surface area contributed by atoms with Gasteiger partial charge in [0.2, 0.25) is 5.43 Å². The first-order valence-electron chi connectivity index (χ1n) is 7.30. The second-order valence-corrected chi connectivity index (χ2v) is 5.11. The molecule has 0 aromatic carbocycles. The van der Waals surface area contributed by atoms with E-state index in [9.17, 15) is 9.90 Å². The molecule has 1 aromatic heterocycles. The quantitative estimate of drug-likeness (QED) is 0.657. The number of rotatable bonds is 9. The van der Waals surface area contributed by atoms with Crippen LogP contribution in [0.4, 0.5) is 0 Å². The van der Waals surface area contributed by atoms with E-state index >= 15 is 0 Å². The average molecular weight is 298 g/mol. The molecule has 0 unspecified atom stereocenters. The Kier molecular flexibility index (Phi) is 7.42. The van der Waals surface area contributed by atoms with E-state index in [-0.39, 0.29) is 17.8 Å². The minimum Gasteiger partial charge on any atom is -0.503 e. The molecule has 0 saturated carbocycles. The summed E-state index contributed by atoms with van der Waals surface area (Å²) in [6, 6.07) is 1.45. The number of pyridine rings is 1. The molecule has 0 bridgehead atoms. The van der Waals surface area contributed by atoms with Crippen LogP contribution in [0.5, 0.6) is 5.75 Å². The van der Waals surface area contributed by atoms with E-state index in [1.54, 1.807) is 0 Å². The molecule has 0 saturated heterocycles. The standard InChI is InChI=1S/C15H26N2O4/c1-4-21-9-5-6-17-12(2)10-14(19)15(20)13(17)11-16(3)7-8-18/h10,18,20H,4-9,11H2,1-3H3. The van der Waals surface area contributed by atoms with E-state index in [4.69, 9.17) is 9.84 Å². The molecular weight excluding hydrogens is 272 g/mol. The van der Waals surface area contributed by atoms with E-state index < -0.39 is 0 Å². The van der Waals surface area contributed by atoms with Crippen LogP contribution in [0.3, 0.4) is 0 Å². The van der Waals surface area contributed by atoms with Crippen molar-refractivity contribution in [3.05, 3.63) is 27.7 Å². The molecule has 0 atom stereocenters. The van der Waals surface area contributed by atoms with Gasteiger partial charge in [-0.05, 0) is 27.3 Å². The highest BCUT2D eigenvalue weighted by atomic mass is 16.5. The van der Waals surface area contributed by atoms with E-state index in [1.165, 1.54) is 6.07 Å². The molecule has 120 valence electrons. The second kappa shape index (κ2) is 8.81. The molecule has 0 radical (unpaired) electrons. The number of aliphatic hydroxyl groups is 1. The first kappa shape index (κ1) is 17.7. The number of aliphatic hydroxyl groups excluding tert-OH is 1. The third kappa shape index (κ3) is 5.15. The average Bonchev–Trinajstić information content (AvgIpc) is 2.43. The van der Waals surface area contributed by atoms with Gasteiger partial charge in [0, 0.05) is 44.6 Å². The van der Waals surface area contributed by atoms with Crippen molar-refractivity contribution in [3.63, 3.8) is 0 Å². The number of hydrogen-bond donors (Lipinski definition) is 2. The van der Waals surface area contributed by atoms with Gasteiger partial charge in [-0.3, -0.25) is 9.69 Å². The molecule has 0 aliphatic carbocycles. The molecule has 1 aromatic rings. The number of aromatic hydroxyl groups is 1. The second-order valence-electron chi connectivity index (χ2n) is 5.11. The summed E-state index contributed by atoms with van der Waals surface area (Å²) >= 11 is 0. The molecule has 0 spiro atoms. The third-order valence-corrected chi connectivity index (χ3v) is 3.37. The van der Waals surface area contributed by atoms with Crippen molar-refractivity contribution >= 4 is 0 Å². The molecule has 1 heterocycles. The van der Waals surface area contributed by atoms with Gasteiger partial charge in [0.25, 0.3) is 0 Å². The number of hydrogen-bond acceptors (Lipinski definition) is 5. The van der Waals surface area contributed by atoms with Gasteiger partial charge >= 0.3 is 0 Å². The SMILES string of the molecule is CCOCCCn1c(C)cc(=O)c(O)c1CN(C)CCO. The Balaban J connectivity index is 2.97. The van der Waals surface area contributed by atoms with Crippen molar-refractivity contribution in [2.45, 2.75) is 33.4 Å². The largest absolute Gasteiger partial charge is 0.503 e. The molecular formula is C15H26N2O4. The third-order valence-electron chi connectivity index (χ3n) is 3.37. The summed E-state index contributed by atoms with van der Waals surface area (Å²) in [4.78, 5) is 13.6. The topological polar surface area (TPSA) is 74.9 Å². The monoisotopic (exact) mass is 298 g/mol. The lowest BCUT2D eigenvalue weighted by atomic mass is 10.2. The molecule has 2 N–H and O–H groups in total. The fourth-order valence-electron chi connectivity index (χ4n) is 2.26. The molecule has 0 amide bonds. The van der Waals surface area contributed by atoms with E-state index in [0.717, 1.165) is 12.1 Å². The van der Waals surface area contributed by atoms with Crippen LogP contribution in [-0.2, 0) is 17.8 Å². The molecule has 0 aliphatic heterocycles. The zero-order chi connectivity index (χ0) is 15.8. The normalized spacial score (nSPS) is 11.3. The highest BCUT2D eigenvalue weighted by molar-refractivity contribution is 5.29. The summed E-state index contributed by atoms with van der Waals surface area (Å²) < 4.78 is 7.28. The number of likely N-dealkylation sites (N-methyl/N-ethyl adjacent to an activating group) is 1. The minimum absolute atomic E-state index is 0.0393. The number of ether oxygens (including phenoxy) is 1. The van der Waals surface area contributed by atoms with Crippen molar-refractivity contribution in [2.24, 2.45) is 0 Å². The first-order valence-corrected chi connectivity index (χ1v) is 7.30. The van der Waals surface area contributed by atoms with Gasteiger partial charge in [0.15, 0.2) is 5.75 Å². The maximum Gasteiger partial charge on any atom is 0.223 e. The van der Waals surface area contributed by atoms with Crippen LogP contribution in [0.1, 0.15) is 24.7 Å². The van der Waals surface area contributed by atoms with Gasteiger partial charge < -0.3 is 19.5 Å². The van der Waals surface area contributed by atoms with E-state index in [2.05, 4.69) is 0 Å². The van der Waals surface area contributed by atoms with Crippen LogP contribution < -0.4 is 5.43 Å². The number of aromatic nitrogens is 1. The summed E-state index contributed by atoms with van der Waals surface area (Å²) in [5.41, 5.74) is 1.05. The van der Waals surface area contributed by atoms with Gasteiger partial charge in [-0.1, -0.05) is 0 Å². The summed E-state index contributed by atoms with van der Waals surface area (Å²) in [6.45, 7) is 6.76. The lowest BCUT2D eigenvalue weighted by molar-refractivity contribution is 0.141. The predicted molar refractivity (Wildman–Crippen MR) is 81.6 cm³/mol. The van der Waals surface area contributed by atoms with Crippen molar-refractivity contribution in [1.82, 2.24) is 9.47 Å². The van der Waals surface area contributed by atoms with Gasteiger partial charge in [-0.2, -0.15) is 0 Å². The van der Waals surface area contributed by atoms with E-state index in [1.807, 2.05) is 30.4 Å². The lowest BCUT2D eigenvalue weighted by Crippen LogP contribution is -2.26. The zero-order valence-electron chi connectivity index (χ0n) is 13.1. The maximum atomic E-state index is 11.8. The Labute approximate surface area is 125 Å². The highest BCUT2D eigenvalue weighted by Crippen LogP contribution is 2.17. The summed E-state index contributed by atoms with van der Waals surface area (Å²) in [5, 5.41) is 19.0. The fourth-order valence-corrected chi connectivity index (χ4v) is 2.26. The van der Waals surface area contributed by atoms with Gasteiger partial charge in [-0.25, -0.2) is 0 Å². The Morgan fingerprint density at radius 2 is 2.14 bits per heavy atom. The smallest absolute Gasteiger partial charge is 0.223 e. The Morgan fingerprint density at radius 3 is 2.76 bits per heavy atom. The van der Waals surface area contributed by atoms with Gasteiger partial charge in [0.1, 0.15) is 0 Å². The van der Waals surface area contributed by atoms with Crippen molar-refractivity contribution in [2.75, 3.05) is 33.4 Å². The Hall–Kier alpha value is -1.37. The highest BCUT2D eigenvalue weighted by Gasteiger charge is 2.14. The molecule has 6 heteroatoms. The minimum atomic E-state index is -0.360. The van der Waals surface area contributed by atoms with Gasteiger partial charge in [0.05, 0.1) is 12.3 Å². The molecule has 21 heavy (non-hydrogen) atoms.